The fraction of sp³-hybridized carbons (Fsp3) is 0.351. The van der Waals surface area contributed by atoms with Gasteiger partial charge in [-0.2, -0.15) is 4.98 Å². The highest BCUT2D eigenvalue weighted by Crippen LogP contribution is 2.50. The molecule has 1 N–H and O–H groups in total. The number of halogens is 1. The van der Waals surface area contributed by atoms with Crippen LogP contribution in [-0.2, 0) is 18.0 Å². The number of pyridine rings is 1. The molecule has 0 saturated carbocycles. The van der Waals surface area contributed by atoms with Crippen LogP contribution in [0.1, 0.15) is 56.3 Å². The zero-order valence-electron chi connectivity index (χ0n) is 26.1. The lowest BCUT2D eigenvalue weighted by molar-refractivity contribution is -0.0188. The van der Waals surface area contributed by atoms with E-state index in [1.807, 2.05) is 99.6 Å². The Bertz CT molecular complexity index is 1620. The number of nitrogens with zero attached hydrogens (tertiary/aromatic N) is 2. The van der Waals surface area contributed by atoms with Crippen molar-refractivity contribution in [2.45, 2.75) is 58.5 Å². The zero-order chi connectivity index (χ0) is 31.4. The van der Waals surface area contributed by atoms with E-state index in [1.165, 1.54) is 0 Å². The Kier molecular flexibility index (Phi) is 8.76. The van der Waals surface area contributed by atoms with Crippen LogP contribution < -0.4 is 14.8 Å². The number of hydrogen-bond acceptors (Lipinski definition) is 6. The normalized spacial score (nSPS) is 17.4. The van der Waals surface area contributed by atoms with Crippen LogP contribution in [0.2, 0.25) is 0 Å². The molecule has 2 aliphatic rings. The van der Waals surface area contributed by atoms with Gasteiger partial charge in [0.25, 0.3) is 0 Å². The monoisotopic (exact) mass is 609 g/mol. The van der Waals surface area contributed by atoms with Gasteiger partial charge in [0.2, 0.25) is 11.8 Å². The minimum absolute atomic E-state index is 0.0931. The molecule has 234 valence electrons. The van der Waals surface area contributed by atoms with Crippen molar-refractivity contribution in [2.24, 2.45) is 5.41 Å². The molecule has 1 aromatic heterocycles. The molecule has 8 heteroatoms. The first kappa shape index (κ1) is 30.6. The van der Waals surface area contributed by atoms with Crippen molar-refractivity contribution < 1.29 is 23.4 Å². The second kappa shape index (κ2) is 12.9. The summed E-state index contributed by atoms with van der Waals surface area (Å²) in [5, 5.41) is 3.46. The maximum absolute atomic E-state index is 15.9. The number of likely N-dealkylation sites (tertiary alicyclic amines) is 1. The average molecular weight is 610 g/mol. The van der Waals surface area contributed by atoms with Gasteiger partial charge in [0.05, 0.1) is 0 Å². The van der Waals surface area contributed by atoms with Gasteiger partial charge in [-0.1, -0.05) is 72.8 Å². The van der Waals surface area contributed by atoms with Crippen LogP contribution >= 0.6 is 0 Å². The third-order valence-electron chi connectivity index (χ3n) is 8.59. The third-order valence-corrected chi connectivity index (χ3v) is 8.59. The molecule has 6 rings (SSSR count). The highest BCUT2D eigenvalue weighted by Gasteiger charge is 2.50. The predicted molar refractivity (Wildman–Crippen MR) is 171 cm³/mol. The van der Waals surface area contributed by atoms with E-state index in [9.17, 15) is 4.79 Å². The summed E-state index contributed by atoms with van der Waals surface area (Å²) in [4.78, 5) is 19.0. The molecule has 45 heavy (non-hydrogen) atoms. The summed E-state index contributed by atoms with van der Waals surface area (Å²) in [6.07, 6.45) is 1.29. The molecule has 3 heterocycles. The molecule has 1 spiro atoms. The Hall–Kier alpha value is -4.43. The molecule has 1 atom stereocenters. The van der Waals surface area contributed by atoms with Gasteiger partial charge in [0.15, 0.2) is 0 Å². The first-order valence-corrected chi connectivity index (χ1v) is 15.5. The lowest BCUT2D eigenvalue weighted by atomic mass is 9.64. The molecule has 1 unspecified atom stereocenters. The number of amides is 1. The largest absolute Gasteiger partial charge is 0.473 e. The van der Waals surface area contributed by atoms with Crippen molar-refractivity contribution in [1.82, 2.24) is 15.2 Å². The van der Waals surface area contributed by atoms with Gasteiger partial charge in [-0.15, -0.1) is 0 Å². The summed E-state index contributed by atoms with van der Waals surface area (Å²) in [5.74, 6) is 0.530. The van der Waals surface area contributed by atoms with E-state index in [0.29, 0.717) is 54.8 Å². The van der Waals surface area contributed by atoms with Crippen LogP contribution in [0.3, 0.4) is 0 Å². The molecule has 0 bridgehead atoms. The molecule has 0 radical (unpaired) electrons. The number of ether oxygens (including phenoxy) is 3. The van der Waals surface area contributed by atoms with E-state index in [1.54, 1.807) is 17.0 Å². The Morgan fingerprint density at radius 3 is 2.13 bits per heavy atom. The number of carbonyl (C=O) groups is 1. The Morgan fingerprint density at radius 2 is 1.56 bits per heavy atom. The lowest BCUT2D eigenvalue weighted by Crippen LogP contribution is -2.61. The van der Waals surface area contributed by atoms with Crippen molar-refractivity contribution in [1.29, 1.82) is 0 Å². The van der Waals surface area contributed by atoms with E-state index in [4.69, 9.17) is 14.2 Å². The van der Waals surface area contributed by atoms with Crippen LogP contribution in [0, 0.1) is 11.2 Å². The summed E-state index contributed by atoms with van der Waals surface area (Å²) < 4.78 is 33.6. The maximum atomic E-state index is 15.9. The Morgan fingerprint density at radius 1 is 0.911 bits per heavy atom. The number of rotatable bonds is 8. The van der Waals surface area contributed by atoms with Crippen LogP contribution in [0.15, 0.2) is 91.0 Å². The van der Waals surface area contributed by atoms with E-state index < -0.39 is 5.60 Å². The fourth-order valence-corrected chi connectivity index (χ4v) is 6.08. The van der Waals surface area contributed by atoms with Crippen molar-refractivity contribution in [3.8, 4) is 22.9 Å². The molecule has 2 aliphatic heterocycles. The first-order valence-electron chi connectivity index (χ1n) is 15.5. The molecule has 0 aliphatic carbocycles. The zero-order valence-corrected chi connectivity index (χ0v) is 26.1. The molecule has 2 saturated heterocycles. The lowest BCUT2D eigenvalue weighted by Gasteiger charge is -2.54. The summed E-state index contributed by atoms with van der Waals surface area (Å²) in [6, 6.07) is 28.7. The predicted octanol–water partition coefficient (Wildman–Crippen LogP) is 7.71. The first-order chi connectivity index (χ1) is 21.7. The number of benzene rings is 3. The van der Waals surface area contributed by atoms with Gasteiger partial charge in [0, 0.05) is 48.3 Å². The quantitative estimate of drug-likeness (QED) is 0.221. The van der Waals surface area contributed by atoms with Crippen LogP contribution in [0.5, 0.6) is 11.8 Å². The van der Waals surface area contributed by atoms with Crippen LogP contribution in [0.25, 0.3) is 11.1 Å². The van der Waals surface area contributed by atoms with E-state index >= 15 is 4.39 Å². The summed E-state index contributed by atoms with van der Waals surface area (Å²) in [5.41, 5.74) is 3.41. The molecular formula is C37H40FN3O4. The number of nitrogens with one attached hydrogen (secondary N) is 1. The third kappa shape index (κ3) is 7.12. The van der Waals surface area contributed by atoms with Gasteiger partial charge < -0.3 is 24.4 Å². The Labute approximate surface area is 264 Å². The molecule has 2 fully saturated rings. The average Bonchev–Trinajstić information content (AvgIpc) is 3.03. The fourth-order valence-electron chi connectivity index (χ4n) is 6.08. The van der Waals surface area contributed by atoms with Crippen LogP contribution in [-0.4, -0.2) is 41.2 Å². The number of aromatic nitrogens is 1. The minimum atomic E-state index is -0.533. The SMILES string of the molecule is CC(C)(C)OC(=O)N1CCC2(CC1)CNC2c1ccc(-c2ccc(OCc3ccccc3)nc2OCc2ccccc2)cc1F. The second-order valence-corrected chi connectivity index (χ2v) is 12.9. The highest BCUT2D eigenvalue weighted by molar-refractivity contribution is 5.70. The van der Waals surface area contributed by atoms with E-state index in [-0.39, 0.29) is 23.4 Å². The van der Waals surface area contributed by atoms with Gasteiger partial charge in [0.1, 0.15) is 24.6 Å². The van der Waals surface area contributed by atoms with E-state index in [2.05, 4.69) is 10.3 Å². The van der Waals surface area contributed by atoms with Gasteiger partial charge in [-0.05, 0) is 62.4 Å². The minimum Gasteiger partial charge on any atom is -0.473 e. The number of hydrogen-bond donors (Lipinski definition) is 1. The van der Waals surface area contributed by atoms with Crippen molar-refractivity contribution >= 4 is 6.09 Å². The smallest absolute Gasteiger partial charge is 0.410 e. The molecule has 1 amide bonds. The summed E-state index contributed by atoms with van der Waals surface area (Å²) >= 11 is 0. The molecular weight excluding hydrogens is 569 g/mol. The Balaban J connectivity index is 1.19. The molecule has 3 aromatic carbocycles. The molecule has 7 nitrogen and oxygen atoms in total. The molecule has 4 aromatic rings. The van der Waals surface area contributed by atoms with Gasteiger partial charge >= 0.3 is 6.09 Å². The summed E-state index contributed by atoms with van der Waals surface area (Å²) in [6.45, 7) is 8.30. The topological polar surface area (TPSA) is 72.9 Å². The maximum Gasteiger partial charge on any atom is 0.410 e. The van der Waals surface area contributed by atoms with E-state index in [0.717, 1.165) is 30.5 Å². The number of carbonyl (C=O) groups excluding carboxylic acids is 1. The second-order valence-electron chi connectivity index (χ2n) is 12.9. The number of piperidine rings is 1. The van der Waals surface area contributed by atoms with Crippen LogP contribution in [0.4, 0.5) is 9.18 Å². The van der Waals surface area contributed by atoms with Gasteiger partial charge in [-0.25, -0.2) is 9.18 Å². The van der Waals surface area contributed by atoms with Crippen molar-refractivity contribution in [2.75, 3.05) is 19.6 Å². The van der Waals surface area contributed by atoms with Gasteiger partial charge in [-0.3, -0.25) is 0 Å². The summed E-state index contributed by atoms with van der Waals surface area (Å²) in [7, 11) is 0. The highest BCUT2D eigenvalue weighted by atomic mass is 19.1. The van der Waals surface area contributed by atoms with Crippen molar-refractivity contribution in [3.05, 3.63) is 114 Å². The standard InChI is InChI=1S/C37H40FN3O4/c1-36(2,3)45-35(42)41-20-18-37(19-21-41)25-39-33(37)30-15-14-28(22-31(30)38)29-16-17-32(43-23-26-10-6-4-7-11-26)40-34(29)44-24-27-12-8-5-9-13-27/h4-17,22,33,39H,18-21,23-25H2,1-3H3. The van der Waals surface area contributed by atoms with Crippen molar-refractivity contribution in [3.63, 3.8) is 0 Å².